The van der Waals surface area contributed by atoms with E-state index in [9.17, 15) is 9.18 Å². The summed E-state index contributed by atoms with van der Waals surface area (Å²) < 4.78 is 13.4. The third kappa shape index (κ3) is 2.94. The molecule has 0 spiro atoms. The molecule has 4 N–H and O–H groups in total. The van der Waals surface area contributed by atoms with Gasteiger partial charge in [-0.15, -0.1) is 0 Å². The van der Waals surface area contributed by atoms with Crippen molar-refractivity contribution in [1.29, 1.82) is 0 Å². The summed E-state index contributed by atoms with van der Waals surface area (Å²) in [6, 6.07) is 6.84. The third-order valence-electron chi connectivity index (χ3n) is 2.16. The lowest BCUT2D eigenvalue weighted by Crippen LogP contribution is -2.20. The zero-order valence-corrected chi connectivity index (χ0v) is 9.35. The Kier molecular flexibility index (Phi) is 3.38. The van der Waals surface area contributed by atoms with Crippen LogP contribution in [0.15, 0.2) is 42.7 Å². The number of pyridine rings is 1. The molecule has 1 aromatic carbocycles. The van der Waals surface area contributed by atoms with E-state index in [1.165, 1.54) is 18.3 Å². The van der Waals surface area contributed by atoms with E-state index < -0.39 is 11.8 Å². The smallest absolute Gasteiger partial charge is 0.323 e. The molecule has 1 heterocycles. The number of benzene rings is 1. The van der Waals surface area contributed by atoms with Gasteiger partial charge in [-0.1, -0.05) is 0 Å². The summed E-state index contributed by atoms with van der Waals surface area (Å²) in [4.78, 5) is 15.4. The monoisotopic (exact) mass is 246 g/mol. The summed E-state index contributed by atoms with van der Waals surface area (Å²) in [6.07, 6.45) is 3.07. The minimum Gasteiger partial charge on any atom is -0.399 e. The number of nitrogens with two attached hydrogens (primary N) is 1. The van der Waals surface area contributed by atoms with Crippen molar-refractivity contribution in [3.8, 4) is 0 Å². The van der Waals surface area contributed by atoms with Gasteiger partial charge in [0.1, 0.15) is 5.82 Å². The molecule has 0 fully saturated rings. The first kappa shape index (κ1) is 11.8. The number of hydrogen-bond donors (Lipinski definition) is 3. The van der Waals surface area contributed by atoms with Crippen LogP contribution >= 0.6 is 0 Å². The van der Waals surface area contributed by atoms with Crippen LogP contribution in [0, 0.1) is 5.82 Å². The number of rotatable bonds is 2. The number of anilines is 3. The molecule has 0 aliphatic heterocycles. The third-order valence-corrected chi connectivity index (χ3v) is 2.16. The number of nitrogens with zero attached hydrogens (tertiary/aromatic N) is 1. The molecule has 0 saturated carbocycles. The number of halogens is 1. The number of aromatic nitrogens is 1. The van der Waals surface area contributed by atoms with Crippen molar-refractivity contribution in [2.24, 2.45) is 0 Å². The number of hydrogen-bond acceptors (Lipinski definition) is 3. The first-order valence-corrected chi connectivity index (χ1v) is 5.18. The Balaban J connectivity index is 2.03. The quantitative estimate of drug-likeness (QED) is 0.712. The maximum absolute atomic E-state index is 13.4. The fourth-order valence-electron chi connectivity index (χ4n) is 1.35. The Bertz CT molecular complexity index is 559. The van der Waals surface area contributed by atoms with E-state index in [-0.39, 0.29) is 5.69 Å². The van der Waals surface area contributed by atoms with E-state index in [1.807, 2.05) is 0 Å². The topological polar surface area (TPSA) is 80.0 Å². The molecule has 2 aromatic rings. The van der Waals surface area contributed by atoms with Gasteiger partial charge < -0.3 is 16.4 Å². The first-order valence-electron chi connectivity index (χ1n) is 5.18. The second kappa shape index (κ2) is 5.13. The van der Waals surface area contributed by atoms with Gasteiger partial charge in [0.2, 0.25) is 0 Å². The summed E-state index contributed by atoms with van der Waals surface area (Å²) in [5, 5.41) is 4.90. The van der Waals surface area contributed by atoms with Gasteiger partial charge in [0, 0.05) is 11.9 Å². The summed E-state index contributed by atoms with van der Waals surface area (Å²) in [5.74, 6) is -0.587. The van der Waals surface area contributed by atoms with Gasteiger partial charge in [-0.05, 0) is 30.3 Å². The van der Waals surface area contributed by atoms with Gasteiger partial charge >= 0.3 is 6.03 Å². The SMILES string of the molecule is Nc1ccc(NC(=O)Nc2cccnc2)c(F)c1. The molecule has 2 amide bonds. The average Bonchev–Trinajstić information content (AvgIpc) is 2.34. The van der Waals surface area contributed by atoms with Crippen LogP contribution in [0.4, 0.5) is 26.2 Å². The molecular weight excluding hydrogens is 235 g/mol. The van der Waals surface area contributed by atoms with Crippen LogP contribution in [0.1, 0.15) is 0 Å². The summed E-state index contributed by atoms with van der Waals surface area (Å²) in [6.45, 7) is 0. The fraction of sp³-hybridized carbons (Fsp3) is 0. The minimum absolute atomic E-state index is 0.0607. The van der Waals surface area contributed by atoms with Crippen LogP contribution in [0.5, 0.6) is 0 Å². The molecule has 0 unspecified atom stereocenters. The van der Waals surface area contributed by atoms with E-state index >= 15 is 0 Å². The largest absolute Gasteiger partial charge is 0.399 e. The van der Waals surface area contributed by atoms with Gasteiger partial charge in [-0.2, -0.15) is 0 Å². The van der Waals surface area contributed by atoms with Crippen molar-refractivity contribution in [1.82, 2.24) is 4.98 Å². The molecule has 0 bridgehead atoms. The average molecular weight is 246 g/mol. The molecule has 0 saturated heterocycles. The van der Waals surface area contributed by atoms with Crippen molar-refractivity contribution in [2.45, 2.75) is 0 Å². The molecule has 0 aliphatic rings. The Morgan fingerprint density at radius 3 is 2.78 bits per heavy atom. The van der Waals surface area contributed by atoms with Crippen molar-refractivity contribution < 1.29 is 9.18 Å². The van der Waals surface area contributed by atoms with E-state index in [4.69, 9.17) is 5.73 Å². The van der Waals surface area contributed by atoms with E-state index in [0.717, 1.165) is 6.07 Å². The molecule has 6 heteroatoms. The maximum Gasteiger partial charge on any atom is 0.323 e. The number of nitrogens with one attached hydrogen (secondary N) is 2. The molecular formula is C12H11FN4O. The predicted molar refractivity (Wildman–Crippen MR) is 67.7 cm³/mol. The molecule has 0 aliphatic carbocycles. The van der Waals surface area contributed by atoms with Gasteiger partial charge in [-0.25, -0.2) is 9.18 Å². The highest BCUT2D eigenvalue weighted by atomic mass is 19.1. The molecule has 0 atom stereocenters. The number of amides is 2. The van der Waals surface area contributed by atoms with Gasteiger partial charge in [0.25, 0.3) is 0 Å². The minimum atomic E-state index is -0.587. The lowest BCUT2D eigenvalue weighted by molar-refractivity contribution is 0.262. The fourth-order valence-corrected chi connectivity index (χ4v) is 1.35. The summed E-state index contributed by atoms with van der Waals surface area (Å²) in [5.41, 5.74) is 6.28. The van der Waals surface area contributed by atoms with Crippen molar-refractivity contribution >= 4 is 23.1 Å². The van der Waals surface area contributed by atoms with Gasteiger partial charge in [0.05, 0.1) is 17.6 Å². The lowest BCUT2D eigenvalue weighted by Gasteiger charge is -2.08. The van der Waals surface area contributed by atoms with Gasteiger partial charge in [0.15, 0.2) is 0 Å². The Hall–Kier alpha value is -2.63. The van der Waals surface area contributed by atoms with Gasteiger partial charge in [-0.3, -0.25) is 4.98 Å². The highest BCUT2D eigenvalue weighted by Gasteiger charge is 2.07. The van der Waals surface area contributed by atoms with Crippen LogP contribution in [0.25, 0.3) is 0 Å². The molecule has 2 rings (SSSR count). The molecule has 5 nitrogen and oxygen atoms in total. The molecule has 0 radical (unpaired) electrons. The van der Waals surface area contributed by atoms with Crippen molar-refractivity contribution in [3.63, 3.8) is 0 Å². The van der Waals surface area contributed by atoms with E-state index in [0.29, 0.717) is 11.4 Å². The first-order chi connectivity index (χ1) is 8.65. The lowest BCUT2D eigenvalue weighted by atomic mass is 10.3. The standard InChI is InChI=1S/C12H11FN4O/c13-10-6-8(14)3-4-11(10)17-12(18)16-9-2-1-5-15-7-9/h1-7H,14H2,(H2,16,17,18). The van der Waals surface area contributed by atoms with E-state index in [1.54, 1.807) is 18.3 Å². The van der Waals surface area contributed by atoms with Crippen LogP contribution < -0.4 is 16.4 Å². The van der Waals surface area contributed by atoms with Crippen LogP contribution in [0.3, 0.4) is 0 Å². The number of nitrogen functional groups attached to an aromatic ring is 1. The Morgan fingerprint density at radius 1 is 1.28 bits per heavy atom. The number of urea groups is 1. The zero-order chi connectivity index (χ0) is 13.0. The van der Waals surface area contributed by atoms with Crippen molar-refractivity contribution in [2.75, 3.05) is 16.4 Å². The van der Waals surface area contributed by atoms with Crippen LogP contribution in [-0.4, -0.2) is 11.0 Å². The highest BCUT2D eigenvalue weighted by molar-refractivity contribution is 5.99. The maximum atomic E-state index is 13.4. The second-order valence-corrected chi connectivity index (χ2v) is 3.56. The Labute approximate surface area is 103 Å². The van der Waals surface area contributed by atoms with E-state index in [2.05, 4.69) is 15.6 Å². The predicted octanol–water partition coefficient (Wildman–Crippen LogP) is 2.45. The van der Waals surface area contributed by atoms with Crippen LogP contribution in [0.2, 0.25) is 0 Å². The van der Waals surface area contributed by atoms with Crippen LogP contribution in [-0.2, 0) is 0 Å². The zero-order valence-electron chi connectivity index (χ0n) is 9.35. The summed E-state index contributed by atoms with van der Waals surface area (Å²) >= 11 is 0. The van der Waals surface area contributed by atoms with Crippen molar-refractivity contribution in [3.05, 3.63) is 48.5 Å². The Morgan fingerprint density at radius 2 is 2.11 bits per heavy atom. The number of carbonyl (C=O) groups is 1. The molecule has 1 aromatic heterocycles. The normalized spacial score (nSPS) is 9.83. The molecule has 18 heavy (non-hydrogen) atoms. The second-order valence-electron chi connectivity index (χ2n) is 3.56. The number of carbonyl (C=O) groups excluding carboxylic acids is 1. The molecule has 92 valence electrons. The highest BCUT2D eigenvalue weighted by Crippen LogP contribution is 2.17. The summed E-state index contributed by atoms with van der Waals surface area (Å²) in [7, 11) is 0.